The number of halogens is 3. The maximum absolute atomic E-state index is 14.4. The third-order valence-corrected chi connectivity index (χ3v) is 4.09. The van der Waals surface area contributed by atoms with Crippen LogP contribution in [0.25, 0.3) is 0 Å². The summed E-state index contributed by atoms with van der Waals surface area (Å²) in [6.07, 6.45) is 4.66. The highest BCUT2D eigenvalue weighted by atomic mass is 19.1. The minimum Gasteiger partial charge on any atom is -0.382 e. The van der Waals surface area contributed by atoms with Gasteiger partial charge in [-0.25, -0.2) is 32.8 Å². The Labute approximate surface area is 155 Å². The van der Waals surface area contributed by atoms with Crippen molar-refractivity contribution in [3.8, 4) is 0 Å². The van der Waals surface area contributed by atoms with Crippen molar-refractivity contribution >= 4 is 0 Å². The maximum atomic E-state index is 14.4. The summed E-state index contributed by atoms with van der Waals surface area (Å²) >= 11 is 0. The summed E-state index contributed by atoms with van der Waals surface area (Å²) in [5.41, 5.74) is -2.25. The molecule has 0 saturated carbocycles. The molecule has 0 radical (unpaired) electrons. The van der Waals surface area contributed by atoms with Crippen molar-refractivity contribution in [2.24, 2.45) is 0 Å². The second kappa shape index (κ2) is 8.72. The summed E-state index contributed by atoms with van der Waals surface area (Å²) in [6, 6.07) is 2.80. The fourth-order valence-electron chi connectivity index (χ4n) is 2.72. The van der Waals surface area contributed by atoms with Crippen LogP contribution >= 0.6 is 0 Å². The fraction of sp³-hybridized carbons (Fsp3) is 0.333. The Kier molecular flexibility index (Phi) is 7.18. The van der Waals surface area contributed by atoms with Gasteiger partial charge < -0.3 is 5.11 Å². The molecule has 1 aromatic carbocycles. The van der Waals surface area contributed by atoms with Gasteiger partial charge in [-0.15, -0.1) is 0 Å². The molecule has 3 aromatic rings. The lowest BCUT2D eigenvalue weighted by molar-refractivity contribution is -0.0133. The van der Waals surface area contributed by atoms with E-state index in [-0.39, 0.29) is 32.7 Å². The molecule has 146 valence electrons. The van der Waals surface area contributed by atoms with E-state index in [4.69, 9.17) is 0 Å². The fourth-order valence-corrected chi connectivity index (χ4v) is 2.72. The molecule has 3 rings (SSSR count). The molecule has 0 aliphatic heterocycles. The van der Waals surface area contributed by atoms with Crippen LogP contribution in [0.1, 0.15) is 39.0 Å². The van der Waals surface area contributed by atoms with Crippen LogP contribution in [0.2, 0.25) is 0 Å². The van der Waals surface area contributed by atoms with E-state index in [0.717, 1.165) is 24.7 Å². The second-order valence-corrected chi connectivity index (χ2v) is 5.62. The molecule has 2 atom stereocenters. The molecule has 1 N–H and O–H groups in total. The third-order valence-electron chi connectivity index (χ3n) is 4.09. The molecule has 9 heteroatoms. The van der Waals surface area contributed by atoms with E-state index in [1.807, 2.05) is 0 Å². The van der Waals surface area contributed by atoms with Gasteiger partial charge in [-0.1, -0.05) is 27.8 Å². The van der Waals surface area contributed by atoms with E-state index in [9.17, 15) is 18.3 Å². The molecule has 0 amide bonds. The first kappa shape index (κ1) is 22.2. The Morgan fingerprint density at radius 3 is 2.44 bits per heavy atom. The number of nitrogens with zero attached hydrogens (tertiary/aromatic N) is 5. The van der Waals surface area contributed by atoms with E-state index in [1.54, 1.807) is 0 Å². The van der Waals surface area contributed by atoms with Gasteiger partial charge in [-0.05, 0) is 6.07 Å². The smallest absolute Gasteiger partial charge is 0.163 e. The van der Waals surface area contributed by atoms with E-state index >= 15 is 0 Å². The van der Waals surface area contributed by atoms with Crippen molar-refractivity contribution in [3.05, 3.63) is 72.1 Å². The van der Waals surface area contributed by atoms with Gasteiger partial charge in [0.2, 0.25) is 0 Å². The second-order valence-electron chi connectivity index (χ2n) is 5.62. The van der Waals surface area contributed by atoms with Gasteiger partial charge in [-0.3, -0.25) is 0 Å². The highest BCUT2D eigenvalue weighted by molar-refractivity contribution is 5.30. The zero-order valence-corrected chi connectivity index (χ0v) is 13.1. The van der Waals surface area contributed by atoms with Gasteiger partial charge >= 0.3 is 0 Å². The number of hydrogen-bond donors (Lipinski definition) is 1. The minimum atomic E-state index is -1.96. The van der Waals surface area contributed by atoms with E-state index in [2.05, 4.69) is 20.1 Å². The predicted molar refractivity (Wildman–Crippen MR) is 94.1 cm³/mol. The molecule has 2 heterocycles. The first-order chi connectivity index (χ1) is 11.9. The van der Waals surface area contributed by atoms with Crippen LogP contribution in [-0.4, -0.2) is 29.8 Å². The number of benzene rings is 1. The molecule has 0 aliphatic carbocycles. The van der Waals surface area contributed by atoms with Crippen molar-refractivity contribution in [1.29, 1.82) is 0 Å². The molecular formula is C18H22F3N5O. The van der Waals surface area contributed by atoms with Gasteiger partial charge in [0.1, 0.15) is 36.2 Å². The minimum absolute atomic E-state index is 0. The quantitative estimate of drug-likeness (QED) is 0.733. The zero-order chi connectivity index (χ0) is 18.0. The largest absolute Gasteiger partial charge is 0.382 e. The summed E-state index contributed by atoms with van der Waals surface area (Å²) in [5, 5.41) is 15.2. The molecule has 0 saturated heterocycles. The van der Waals surface area contributed by atoms with Gasteiger partial charge in [0.15, 0.2) is 5.82 Å². The van der Waals surface area contributed by atoms with Crippen molar-refractivity contribution in [2.75, 3.05) is 0 Å². The van der Waals surface area contributed by atoms with Crippen LogP contribution in [0.3, 0.4) is 0 Å². The lowest BCUT2D eigenvalue weighted by Crippen LogP contribution is -2.39. The third kappa shape index (κ3) is 4.30. The number of rotatable bonds is 5. The molecular weight excluding hydrogens is 359 g/mol. The van der Waals surface area contributed by atoms with E-state index < -0.39 is 29.0 Å². The number of hydrogen-bond acceptors (Lipinski definition) is 5. The average molecular weight is 381 g/mol. The maximum Gasteiger partial charge on any atom is 0.163 e. The first-order valence-corrected chi connectivity index (χ1v) is 7.37. The molecule has 0 aliphatic rings. The lowest BCUT2D eigenvalue weighted by Gasteiger charge is -2.34. The van der Waals surface area contributed by atoms with Gasteiger partial charge in [-0.2, -0.15) is 5.10 Å². The van der Waals surface area contributed by atoms with Crippen molar-refractivity contribution in [2.45, 2.75) is 39.8 Å². The molecule has 27 heavy (non-hydrogen) atoms. The lowest BCUT2D eigenvalue weighted by atomic mass is 9.79. The normalized spacial score (nSPS) is 13.8. The zero-order valence-electron chi connectivity index (χ0n) is 13.1. The predicted octanol–water partition coefficient (Wildman–Crippen LogP) is 3.45. The summed E-state index contributed by atoms with van der Waals surface area (Å²) in [5.74, 6) is -3.47. The molecule has 0 bridgehead atoms. The summed E-state index contributed by atoms with van der Waals surface area (Å²) < 4.78 is 43.0. The molecule has 0 fully saturated rings. The average Bonchev–Trinajstić information content (AvgIpc) is 3.07. The Balaban J connectivity index is 0.00000182. The van der Waals surface area contributed by atoms with Gasteiger partial charge in [0, 0.05) is 17.5 Å². The highest BCUT2D eigenvalue weighted by Gasteiger charge is 2.41. The molecule has 2 aromatic heterocycles. The summed E-state index contributed by atoms with van der Waals surface area (Å²) in [4.78, 5) is 11.2. The molecule has 0 spiro atoms. The molecule has 0 unspecified atom stereocenters. The van der Waals surface area contributed by atoms with E-state index in [1.165, 1.54) is 24.3 Å². The number of aliphatic hydroxyl groups is 1. The summed E-state index contributed by atoms with van der Waals surface area (Å²) in [7, 11) is 0. The van der Waals surface area contributed by atoms with Crippen molar-refractivity contribution in [1.82, 2.24) is 24.7 Å². The van der Waals surface area contributed by atoms with Crippen molar-refractivity contribution < 1.29 is 18.3 Å². The summed E-state index contributed by atoms with van der Waals surface area (Å²) in [6.45, 7) is 1.26. The monoisotopic (exact) mass is 381 g/mol. The number of aromatic nitrogens is 5. The SMILES string of the molecule is C.C.C[C@@H](c1ncncc1F)[C@](O)(Cn1cncn1)c1ccc(F)cc1F. The van der Waals surface area contributed by atoms with Crippen LogP contribution in [-0.2, 0) is 12.1 Å². The Morgan fingerprint density at radius 2 is 1.85 bits per heavy atom. The standard InChI is InChI=1S/C16H14F3N5O.2CH4/c1-10(15-14(19)5-20-7-22-15)16(25,6-24-9-21-8-23-24)12-3-2-11(17)4-13(12)18;;/h2-5,7-10,25H,6H2,1H3;2*1H4/t10-,16+;;/m0../s1. The topological polar surface area (TPSA) is 76.7 Å². The Hall–Kier alpha value is -2.81. The van der Waals surface area contributed by atoms with Crippen LogP contribution < -0.4 is 0 Å². The van der Waals surface area contributed by atoms with E-state index in [0.29, 0.717) is 6.07 Å². The van der Waals surface area contributed by atoms with Crippen molar-refractivity contribution in [3.63, 3.8) is 0 Å². The van der Waals surface area contributed by atoms with Crippen LogP contribution in [0.5, 0.6) is 0 Å². The Morgan fingerprint density at radius 1 is 1.11 bits per heavy atom. The van der Waals surface area contributed by atoms with Crippen LogP contribution in [0.4, 0.5) is 13.2 Å². The van der Waals surface area contributed by atoms with Crippen LogP contribution in [0, 0.1) is 17.5 Å². The van der Waals surface area contributed by atoms with Gasteiger partial charge in [0.25, 0.3) is 0 Å². The Bertz CT molecular complexity index is 875. The first-order valence-electron chi connectivity index (χ1n) is 7.37. The highest BCUT2D eigenvalue weighted by Crippen LogP contribution is 2.39. The molecule has 6 nitrogen and oxygen atoms in total. The van der Waals surface area contributed by atoms with Crippen LogP contribution in [0.15, 0.2) is 43.4 Å². The van der Waals surface area contributed by atoms with Gasteiger partial charge in [0.05, 0.1) is 18.4 Å².